The van der Waals surface area contributed by atoms with Gasteiger partial charge in [0.05, 0.1) is 5.69 Å². The summed E-state index contributed by atoms with van der Waals surface area (Å²) >= 11 is 1.55. The van der Waals surface area contributed by atoms with Crippen LogP contribution in [0, 0.1) is 0 Å². The maximum atomic E-state index is 4.28. The van der Waals surface area contributed by atoms with E-state index in [0.717, 1.165) is 10.9 Å². The van der Waals surface area contributed by atoms with Gasteiger partial charge >= 0.3 is 0 Å². The minimum Gasteiger partial charge on any atom is -0.222 e. The molecule has 1 aliphatic heterocycles. The van der Waals surface area contributed by atoms with Crippen molar-refractivity contribution >= 4 is 22.6 Å². The molecule has 1 heterocycles. The summed E-state index contributed by atoms with van der Waals surface area (Å²) in [4.78, 5) is 4.28. The maximum Gasteiger partial charge on any atom is 0.211 e. The predicted molar refractivity (Wildman–Crippen MR) is 50.9 cm³/mol. The van der Waals surface area contributed by atoms with Crippen molar-refractivity contribution in [2.45, 2.75) is 0 Å². The number of hydrogen-bond donors (Lipinski definition) is 0. The third kappa shape index (κ3) is 1.71. The molecule has 0 unspecified atom stereocenters. The normalized spacial score (nSPS) is 18.8. The monoisotopic (exact) mass is 177 g/mol. The van der Waals surface area contributed by atoms with Crippen LogP contribution in [0.15, 0.2) is 45.6 Å². The van der Waals surface area contributed by atoms with Gasteiger partial charge in [0, 0.05) is 0 Å². The molecule has 0 aromatic heterocycles. The van der Waals surface area contributed by atoms with Gasteiger partial charge in [-0.3, -0.25) is 0 Å². The highest BCUT2D eigenvalue weighted by atomic mass is 32.2. The summed E-state index contributed by atoms with van der Waals surface area (Å²) in [6, 6.07) is 9.77. The van der Waals surface area contributed by atoms with Crippen LogP contribution in [0.5, 0.6) is 0 Å². The Bertz CT molecular complexity index is 318. The topological polar surface area (TPSA) is 37.1 Å². The van der Waals surface area contributed by atoms with E-state index in [-0.39, 0.29) is 0 Å². The van der Waals surface area contributed by atoms with E-state index in [0.29, 0.717) is 5.88 Å². The Balaban J connectivity index is 2.22. The van der Waals surface area contributed by atoms with Gasteiger partial charge in [0.25, 0.3) is 0 Å². The average Bonchev–Trinajstić information content (AvgIpc) is 2.59. The standard InChI is InChI=1S/C8H7N3S/c1-2-4-7(5-3-1)10-8-11-9-6-12-8/h1-5H,6H2. The van der Waals surface area contributed by atoms with E-state index in [1.54, 1.807) is 11.8 Å². The smallest absolute Gasteiger partial charge is 0.211 e. The van der Waals surface area contributed by atoms with E-state index in [9.17, 15) is 0 Å². The van der Waals surface area contributed by atoms with Crippen LogP contribution in [0.25, 0.3) is 0 Å². The van der Waals surface area contributed by atoms with E-state index < -0.39 is 0 Å². The maximum absolute atomic E-state index is 4.28. The van der Waals surface area contributed by atoms with Gasteiger partial charge in [0.15, 0.2) is 0 Å². The molecule has 4 heteroatoms. The number of rotatable bonds is 1. The summed E-state index contributed by atoms with van der Waals surface area (Å²) in [5.41, 5.74) is 0.931. The molecular weight excluding hydrogens is 170 g/mol. The van der Waals surface area contributed by atoms with Gasteiger partial charge in [0.2, 0.25) is 5.17 Å². The van der Waals surface area contributed by atoms with Crippen molar-refractivity contribution in [1.82, 2.24) is 0 Å². The molecule has 0 bridgehead atoms. The van der Waals surface area contributed by atoms with Gasteiger partial charge < -0.3 is 0 Å². The number of aliphatic imine (C=N–C) groups is 1. The summed E-state index contributed by atoms with van der Waals surface area (Å²) in [5.74, 6) is 0.700. The molecule has 12 heavy (non-hydrogen) atoms. The van der Waals surface area contributed by atoms with Crippen molar-refractivity contribution in [3.05, 3.63) is 30.3 Å². The van der Waals surface area contributed by atoms with E-state index in [1.165, 1.54) is 0 Å². The zero-order valence-corrected chi connectivity index (χ0v) is 7.16. The van der Waals surface area contributed by atoms with Crippen LogP contribution < -0.4 is 0 Å². The number of nitrogens with zero attached hydrogens (tertiary/aromatic N) is 3. The summed E-state index contributed by atoms with van der Waals surface area (Å²) < 4.78 is 0. The van der Waals surface area contributed by atoms with E-state index in [1.807, 2.05) is 30.3 Å². The minimum atomic E-state index is 0.700. The van der Waals surface area contributed by atoms with Gasteiger partial charge in [-0.1, -0.05) is 30.0 Å². The van der Waals surface area contributed by atoms with E-state index >= 15 is 0 Å². The molecular formula is C8H7N3S. The average molecular weight is 177 g/mol. The summed E-state index contributed by atoms with van der Waals surface area (Å²) in [5, 5.41) is 8.44. The van der Waals surface area contributed by atoms with Crippen LogP contribution >= 0.6 is 11.8 Å². The quantitative estimate of drug-likeness (QED) is 0.649. The molecule has 1 aliphatic rings. The van der Waals surface area contributed by atoms with Gasteiger partial charge in [0.1, 0.15) is 5.88 Å². The SMILES string of the molecule is c1ccc(N=C2N=NCS2)cc1. The van der Waals surface area contributed by atoms with Crippen LogP contribution in [0.2, 0.25) is 0 Å². The number of thioether (sulfide) groups is 1. The minimum absolute atomic E-state index is 0.700. The fraction of sp³-hybridized carbons (Fsp3) is 0.125. The molecule has 0 amide bonds. The van der Waals surface area contributed by atoms with Crippen molar-refractivity contribution in [3.63, 3.8) is 0 Å². The summed E-state index contributed by atoms with van der Waals surface area (Å²) in [6.07, 6.45) is 0. The molecule has 0 N–H and O–H groups in total. The lowest BCUT2D eigenvalue weighted by molar-refractivity contribution is 1.20. The Hall–Kier alpha value is -1.16. The number of hydrogen-bond acceptors (Lipinski definition) is 3. The number of benzene rings is 1. The van der Waals surface area contributed by atoms with E-state index in [4.69, 9.17) is 0 Å². The molecule has 1 aromatic carbocycles. The Morgan fingerprint density at radius 1 is 1.25 bits per heavy atom. The predicted octanol–water partition coefficient (Wildman–Crippen LogP) is 2.83. The Labute approximate surface area is 74.6 Å². The molecule has 2 rings (SSSR count). The molecule has 0 aliphatic carbocycles. The van der Waals surface area contributed by atoms with Crippen molar-refractivity contribution in [2.75, 3.05) is 5.88 Å². The molecule has 1 aromatic rings. The van der Waals surface area contributed by atoms with Crippen molar-refractivity contribution < 1.29 is 0 Å². The molecule has 0 saturated heterocycles. The lowest BCUT2D eigenvalue weighted by atomic mass is 10.3. The number of para-hydroxylation sites is 1. The second-order valence-corrected chi connectivity index (χ2v) is 3.16. The fourth-order valence-electron chi connectivity index (χ4n) is 0.872. The summed E-state index contributed by atoms with van der Waals surface area (Å²) in [7, 11) is 0. The fourth-order valence-corrected chi connectivity index (χ4v) is 1.39. The van der Waals surface area contributed by atoms with Crippen LogP contribution in [0.4, 0.5) is 5.69 Å². The van der Waals surface area contributed by atoms with Crippen LogP contribution in [-0.2, 0) is 0 Å². The molecule has 0 saturated carbocycles. The lowest BCUT2D eigenvalue weighted by Crippen LogP contribution is -1.77. The zero-order valence-electron chi connectivity index (χ0n) is 6.34. The second-order valence-electron chi connectivity index (χ2n) is 2.24. The van der Waals surface area contributed by atoms with Crippen LogP contribution in [0.1, 0.15) is 0 Å². The van der Waals surface area contributed by atoms with Crippen molar-refractivity contribution in [3.8, 4) is 0 Å². The van der Waals surface area contributed by atoms with Crippen LogP contribution in [-0.4, -0.2) is 11.0 Å². The first kappa shape index (κ1) is 7.49. The molecule has 0 fully saturated rings. The molecule has 0 radical (unpaired) electrons. The van der Waals surface area contributed by atoms with Crippen molar-refractivity contribution in [2.24, 2.45) is 15.2 Å². The Morgan fingerprint density at radius 2 is 2.08 bits per heavy atom. The first-order valence-corrected chi connectivity index (χ1v) is 4.58. The molecule has 0 atom stereocenters. The van der Waals surface area contributed by atoms with Gasteiger partial charge in [-0.05, 0) is 12.1 Å². The third-order valence-corrected chi connectivity index (χ3v) is 2.06. The zero-order chi connectivity index (χ0) is 8.23. The van der Waals surface area contributed by atoms with Crippen LogP contribution in [0.3, 0.4) is 0 Å². The number of amidine groups is 1. The largest absolute Gasteiger partial charge is 0.222 e. The first-order chi connectivity index (χ1) is 5.95. The van der Waals surface area contributed by atoms with Gasteiger partial charge in [-0.25, -0.2) is 4.99 Å². The Morgan fingerprint density at radius 3 is 2.75 bits per heavy atom. The Kier molecular flexibility index (Phi) is 2.18. The first-order valence-electron chi connectivity index (χ1n) is 3.59. The number of azo groups is 1. The molecule has 3 nitrogen and oxygen atoms in total. The van der Waals surface area contributed by atoms with E-state index in [2.05, 4.69) is 15.2 Å². The second kappa shape index (κ2) is 3.49. The third-order valence-electron chi connectivity index (χ3n) is 1.39. The van der Waals surface area contributed by atoms with Gasteiger partial charge in [-0.15, -0.1) is 5.11 Å². The lowest BCUT2D eigenvalue weighted by Gasteiger charge is -1.91. The molecule has 60 valence electrons. The summed E-state index contributed by atoms with van der Waals surface area (Å²) in [6.45, 7) is 0. The highest BCUT2D eigenvalue weighted by molar-refractivity contribution is 8.14. The molecule has 0 spiro atoms. The van der Waals surface area contributed by atoms with Gasteiger partial charge in [-0.2, -0.15) is 5.11 Å². The highest BCUT2D eigenvalue weighted by Crippen LogP contribution is 2.19. The highest BCUT2D eigenvalue weighted by Gasteiger charge is 2.03. The van der Waals surface area contributed by atoms with Crippen molar-refractivity contribution in [1.29, 1.82) is 0 Å².